The molecule has 1 saturated heterocycles. The van der Waals surface area contributed by atoms with Crippen LogP contribution in [0.4, 0.5) is 10.7 Å². The third-order valence-corrected chi connectivity index (χ3v) is 6.78. The van der Waals surface area contributed by atoms with Crippen molar-refractivity contribution in [3.8, 4) is 22.9 Å². The second kappa shape index (κ2) is 12.8. The molecule has 0 saturated carbocycles. The minimum atomic E-state index is -3.67. The summed E-state index contributed by atoms with van der Waals surface area (Å²) in [7, 11) is -3.67. The molecule has 0 bridgehead atoms. The third-order valence-electron chi connectivity index (χ3n) is 5.80. The molecule has 1 fully saturated rings. The van der Waals surface area contributed by atoms with Gasteiger partial charge in [0, 0.05) is 40.8 Å². The number of hydrogen-bond donors (Lipinski definition) is 1. The van der Waals surface area contributed by atoms with Crippen LogP contribution in [0.5, 0.6) is 11.6 Å². The van der Waals surface area contributed by atoms with Gasteiger partial charge in [-0.2, -0.15) is 8.42 Å². The van der Waals surface area contributed by atoms with E-state index < -0.39 is 21.8 Å². The predicted octanol–water partition coefficient (Wildman–Crippen LogP) is 5.61. The van der Waals surface area contributed by atoms with E-state index in [1.54, 1.807) is 30.3 Å². The Bertz CT molecular complexity index is 1470. The van der Waals surface area contributed by atoms with Crippen LogP contribution in [0.25, 0.3) is 11.3 Å². The van der Waals surface area contributed by atoms with Crippen molar-refractivity contribution in [2.45, 2.75) is 51.9 Å². The fourth-order valence-corrected chi connectivity index (χ4v) is 4.94. The van der Waals surface area contributed by atoms with E-state index in [1.165, 1.54) is 12.4 Å². The molecule has 2 aromatic heterocycles. The number of benzene rings is 1. The van der Waals surface area contributed by atoms with E-state index in [0.29, 0.717) is 51.7 Å². The van der Waals surface area contributed by atoms with Gasteiger partial charge in [0.25, 0.3) is 10.1 Å². The zero-order chi connectivity index (χ0) is 29.8. The Hall–Kier alpha value is -3.19. The number of carbonyl (C=O) groups is 1. The number of amides is 1. The molecular weight excluding hydrogens is 593 g/mol. The number of alkyl carbamates (subject to hydrolysis) is 1. The molecule has 3 heterocycles. The van der Waals surface area contributed by atoms with Gasteiger partial charge in [0.05, 0.1) is 31.0 Å². The first-order valence-electron chi connectivity index (χ1n) is 12.8. The molecule has 1 N–H and O–H groups in total. The van der Waals surface area contributed by atoms with Crippen LogP contribution in [0.2, 0.25) is 10.0 Å². The van der Waals surface area contributed by atoms with E-state index >= 15 is 0 Å². The lowest BCUT2D eigenvalue weighted by molar-refractivity contribution is 0.0497. The van der Waals surface area contributed by atoms with Gasteiger partial charge in [-0.3, -0.25) is 4.18 Å². The molecule has 220 valence electrons. The summed E-state index contributed by atoms with van der Waals surface area (Å²) in [5.41, 5.74) is 1.03. The molecular formula is C27H31Cl2N5O6S. The van der Waals surface area contributed by atoms with Crippen molar-refractivity contribution in [2.75, 3.05) is 24.2 Å². The molecule has 0 radical (unpaired) electrons. The number of pyridine rings is 1. The monoisotopic (exact) mass is 623 g/mol. The van der Waals surface area contributed by atoms with Crippen LogP contribution in [-0.4, -0.2) is 60.5 Å². The van der Waals surface area contributed by atoms with Crippen molar-refractivity contribution in [1.82, 2.24) is 20.3 Å². The first-order valence-corrected chi connectivity index (χ1v) is 15.4. The largest absolute Gasteiger partial charge is 0.444 e. The minimum absolute atomic E-state index is 0.0114. The molecule has 1 aliphatic heterocycles. The number of anilines is 1. The Morgan fingerprint density at radius 2 is 1.68 bits per heavy atom. The molecule has 1 amide bonds. The zero-order valence-electron chi connectivity index (χ0n) is 23.1. The summed E-state index contributed by atoms with van der Waals surface area (Å²) in [6.07, 6.45) is 5.07. The van der Waals surface area contributed by atoms with Gasteiger partial charge in [0.2, 0.25) is 11.8 Å². The quantitative estimate of drug-likeness (QED) is 0.316. The summed E-state index contributed by atoms with van der Waals surface area (Å²) in [6.45, 7) is 6.59. The summed E-state index contributed by atoms with van der Waals surface area (Å²) in [6, 6.07) is 8.21. The first kappa shape index (κ1) is 30.8. The van der Waals surface area contributed by atoms with Crippen molar-refractivity contribution in [3.63, 3.8) is 0 Å². The van der Waals surface area contributed by atoms with Gasteiger partial charge in [-0.05, 0) is 63.4 Å². The standard InChI is InChI=1S/C27H31Cl2N5O6S/c1-27(2,3)40-26(35)32-21-5-7-34(8-6-21)25-30-14-22(15-31-25)39-24-10-17(16-38-41(4,36)37)9-23(33-24)18-11-19(28)13-20(29)12-18/h9-15,21H,5-8,16H2,1-4H3,(H,32,35). The molecule has 14 heteroatoms. The summed E-state index contributed by atoms with van der Waals surface area (Å²) in [4.78, 5) is 27.5. The summed E-state index contributed by atoms with van der Waals surface area (Å²) >= 11 is 12.3. The molecule has 0 atom stereocenters. The lowest BCUT2D eigenvalue weighted by Crippen LogP contribution is -2.46. The first-order chi connectivity index (χ1) is 19.2. The Morgan fingerprint density at radius 3 is 2.27 bits per heavy atom. The molecule has 4 rings (SSSR count). The SMILES string of the molecule is CC(C)(C)OC(=O)NC1CCN(c2ncc(Oc3cc(COS(C)(=O)=O)cc(-c4cc(Cl)cc(Cl)c4)n3)cn2)CC1. The maximum Gasteiger partial charge on any atom is 0.407 e. The summed E-state index contributed by atoms with van der Waals surface area (Å²) in [5, 5.41) is 3.75. The summed E-state index contributed by atoms with van der Waals surface area (Å²) < 4.78 is 39.3. The number of nitrogens with one attached hydrogen (secondary N) is 1. The van der Waals surface area contributed by atoms with Crippen molar-refractivity contribution < 1.29 is 26.9 Å². The molecule has 0 aliphatic carbocycles. The van der Waals surface area contributed by atoms with E-state index in [9.17, 15) is 13.2 Å². The number of ether oxygens (including phenoxy) is 2. The third kappa shape index (κ3) is 9.70. The number of halogens is 2. The smallest absolute Gasteiger partial charge is 0.407 e. The molecule has 1 aromatic carbocycles. The fraction of sp³-hybridized carbons (Fsp3) is 0.407. The highest BCUT2D eigenvalue weighted by molar-refractivity contribution is 7.85. The number of piperidine rings is 1. The average Bonchev–Trinajstić information content (AvgIpc) is 2.86. The molecule has 0 unspecified atom stereocenters. The van der Waals surface area contributed by atoms with E-state index in [2.05, 4.69) is 20.3 Å². The van der Waals surface area contributed by atoms with Crippen LogP contribution in [0.3, 0.4) is 0 Å². The van der Waals surface area contributed by atoms with Gasteiger partial charge in [-0.15, -0.1) is 0 Å². The normalized spacial score (nSPS) is 14.5. The Labute approximate surface area is 249 Å². The molecule has 1 aliphatic rings. The Kier molecular flexibility index (Phi) is 9.58. The molecule has 0 spiro atoms. The predicted molar refractivity (Wildman–Crippen MR) is 156 cm³/mol. The van der Waals surface area contributed by atoms with E-state index in [1.807, 2.05) is 25.7 Å². The lowest BCUT2D eigenvalue weighted by atomic mass is 10.1. The van der Waals surface area contributed by atoms with Crippen LogP contribution < -0.4 is 15.0 Å². The Balaban J connectivity index is 1.44. The maximum absolute atomic E-state index is 12.1. The number of carbonyl (C=O) groups excluding carboxylic acids is 1. The van der Waals surface area contributed by atoms with Crippen molar-refractivity contribution in [2.24, 2.45) is 0 Å². The number of rotatable bonds is 8. The van der Waals surface area contributed by atoms with E-state index in [-0.39, 0.29) is 18.5 Å². The van der Waals surface area contributed by atoms with Crippen LogP contribution in [-0.2, 0) is 25.6 Å². The number of nitrogens with zero attached hydrogens (tertiary/aromatic N) is 4. The highest BCUT2D eigenvalue weighted by atomic mass is 35.5. The minimum Gasteiger partial charge on any atom is -0.444 e. The van der Waals surface area contributed by atoms with Crippen molar-refractivity contribution in [3.05, 3.63) is 58.3 Å². The van der Waals surface area contributed by atoms with Gasteiger partial charge >= 0.3 is 6.09 Å². The van der Waals surface area contributed by atoms with Gasteiger partial charge in [0.15, 0.2) is 5.75 Å². The topological polar surface area (TPSA) is 133 Å². The number of aromatic nitrogens is 3. The van der Waals surface area contributed by atoms with Crippen molar-refractivity contribution in [1.29, 1.82) is 0 Å². The maximum atomic E-state index is 12.1. The van der Waals surface area contributed by atoms with Crippen molar-refractivity contribution >= 4 is 45.4 Å². The van der Waals surface area contributed by atoms with Crippen LogP contribution in [0.15, 0.2) is 42.7 Å². The average molecular weight is 625 g/mol. The van der Waals surface area contributed by atoms with Crippen LogP contribution in [0.1, 0.15) is 39.2 Å². The van der Waals surface area contributed by atoms with Crippen LogP contribution >= 0.6 is 23.2 Å². The molecule has 3 aromatic rings. The number of hydrogen-bond acceptors (Lipinski definition) is 10. The second-order valence-corrected chi connectivity index (χ2v) is 13.1. The zero-order valence-corrected chi connectivity index (χ0v) is 25.4. The van der Waals surface area contributed by atoms with E-state index in [0.717, 1.165) is 19.1 Å². The lowest BCUT2D eigenvalue weighted by Gasteiger charge is -2.32. The molecule has 11 nitrogen and oxygen atoms in total. The van der Waals surface area contributed by atoms with Gasteiger partial charge in [-0.1, -0.05) is 23.2 Å². The van der Waals surface area contributed by atoms with Gasteiger partial charge in [-0.25, -0.2) is 19.7 Å². The van der Waals surface area contributed by atoms with E-state index in [4.69, 9.17) is 36.9 Å². The second-order valence-electron chi connectivity index (χ2n) is 10.6. The highest BCUT2D eigenvalue weighted by Crippen LogP contribution is 2.30. The highest BCUT2D eigenvalue weighted by Gasteiger charge is 2.24. The fourth-order valence-electron chi connectivity index (χ4n) is 4.06. The van der Waals surface area contributed by atoms with Gasteiger partial charge < -0.3 is 19.7 Å². The Morgan fingerprint density at radius 1 is 1.05 bits per heavy atom. The summed E-state index contributed by atoms with van der Waals surface area (Å²) in [5.74, 6) is 1.04. The molecule has 41 heavy (non-hydrogen) atoms. The van der Waals surface area contributed by atoms with Gasteiger partial charge in [0.1, 0.15) is 5.60 Å². The van der Waals surface area contributed by atoms with Crippen LogP contribution in [0, 0.1) is 0 Å².